The number of thiol groups is 1. The quantitative estimate of drug-likeness (QED) is 0.173. The van der Waals surface area contributed by atoms with Crippen LogP contribution in [0, 0.1) is 0 Å². The highest BCUT2D eigenvalue weighted by atomic mass is 32.2. The van der Waals surface area contributed by atoms with E-state index in [1.54, 1.807) is 0 Å². The van der Waals surface area contributed by atoms with Crippen molar-refractivity contribution < 1.29 is 17.8 Å². The molecule has 0 aromatic carbocycles. The molecule has 0 bridgehead atoms. The summed E-state index contributed by atoms with van der Waals surface area (Å²) < 4.78 is 24.2. The zero-order valence-corrected chi connectivity index (χ0v) is 5.22. The molecule has 0 aromatic rings. The second kappa shape index (κ2) is 3.21. The molecule has 0 aliphatic carbocycles. The summed E-state index contributed by atoms with van der Waals surface area (Å²) in [5.41, 5.74) is 0.532. The third kappa shape index (κ3) is 7.12. The predicted octanol–water partition coefficient (Wildman–Crippen LogP) is -1.30. The summed E-state index contributed by atoms with van der Waals surface area (Å²) in [7, 11) is -3.12. The highest BCUT2D eigenvalue weighted by molar-refractivity contribution is 7.66. The van der Waals surface area contributed by atoms with Crippen molar-refractivity contribution >= 4 is 16.9 Å². The number of rotatable bonds is 0. The molecular weight excluding hydrogens is 146 g/mol. The number of carbonyl (C=O) groups is 1. The first-order valence-electron chi connectivity index (χ1n) is 1.87. The Labute approximate surface area is 53.2 Å². The Morgan fingerprint density at radius 2 is 1.67 bits per heavy atom. The van der Waals surface area contributed by atoms with Gasteiger partial charge in [0.1, 0.15) is 0 Å². The van der Waals surface area contributed by atoms with Gasteiger partial charge < -0.3 is 5.32 Å². The van der Waals surface area contributed by atoms with Crippen LogP contribution < -0.4 is 5.32 Å². The van der Waals surface area contributed by atoms with Crippen LogP contribution in [0.4, 0.5) is 0 Å². The SMILES string of the molecule is C=C1NC1=O.O=[SH](=O)O. The van der Waals surface area contributed by atoms with Gasteiger partial charge in [-0.1, -0.05) is 6.58 Å². The van der Waals surface area contributed by atoms with E-state index in [0.29, 0.717) is 5.70 Å². The van der Waals surface area contributed by atoms with Crippen LogP contribution >= 0.6 is 0 Å². The predicted molar refractivity (Wildman–Crippen MR) is 30.2 cm³/mol. The lowest BCUT2D eigenvalue weighted by Crippen LogP contribution is -1.66. The van der Waals surface area contributed by atoms with Crippen LogP contribution in [0.1, 0.15) is 0 Å². The van der Waals surface area contributed by atoms with Crippen molar-refractivity contribution in [1.29, 1.82) is 0 Å². The highest BCUT2D eigenvalue weighted by Gasteiger charge is 2.20. The van der Waals surface area contributed by atoms with E-state index in [1.165, 1.54) is 0 Å². The topological polar surface area (TPSA) is 93.4 Å². The summed E-state index contributed by atoms with van der Waals surface area (Å²) in [6, 6.07) is 0. The first kappa shape index (κ1) is 8.12. The minimum Gasteiger partial charge on any atom is -0.317 e. The van der Waals surface area contributed by atoms with Crippen molar-refractivity contribution in [3.8, 4) is 0 Å². The van der Waals surface area contributed by atoms with Gasteiger partial charge in [0.25, 0.3) is 16.9 Å². The largest absolute Gasteiger partial charge is 0.317 e. The Hall–Kier alpha value is -0.880. The average molecular weight is 151 g/mol. The molecule has 0 spiro atoms. The second-order valence-electron chi connectivity index (χ2n) is 1.17. The van der Waals surface area contributed by atoms with Gasteiger partial charge in [0, 0.05) is 0 Å². The van der Waals surface area contributed by atoms with E-state index >= 15 is 0 Å². The van der Waals surface area contributed by atoms with E-state index in [1.807, 2.05) is 0 Å². The van der Waals surface area contributed by atoms with Crippen LogP contribution in [0.15, 0.2) is 12.3 Å². The number of nitrogens with one attached hydrogen (secondary N) is 1. The summed E-state index contributed by atoms with van der Waals surface area (Å²) in [5.74, 6) is -0.0231. The van der Waals surface area contributed by atoms with Crippen LogP contribution in [0.5, 0.6) is 0 Å². The molecule has 1 aliphatic rings. The van der Waals surface area contributed by atoms with Crippen LogP contribution in [-0.2, 0) is 15.8 Å². The van der Waals surface area contributed by atoms with Crippen molar-refractivity contribution in [3.63, 3.8) is 0 Å². The van der Waals surface area contributed by atoms with Gasteiger partial charge in [-0.2, -0.15) is 0 Å². The monoisotopic (exact) mass is 151 g/mol. The van der Waals surface area contributed by atoms with Gasteiger partial charge in [0.05, 0.1) is 5.70 Å². The summed E-state index contributed by atoms with van der Waals surface area (Å²) >= 11 is 0. The smallest absolute Gasteiger partial charge is 0.271 e. The first-order chi connectivity index (χ1) is 4.04. The lowest BCUT2D eigenvalue weighted by Gasteiger charge is -1.43. The van der Waals surface area contributed by atoms with Crippen LogP contribution in [-0.4, -0.2) is 18.9 Å². The van der Waals surface area contributed by atoms with E-state index in [9.17, 15) is 4.79 Å². The molecule has 52 valence electrons. The minimum absolute atomic E-state index is 0.0231. The maximum atomic E-state index is 9.68. The molecule has 0 saturated carbocycles. The van der Waals surface area contributed by atoms with E-state index in [0.717, 1.165) is 0 Å². The molecule has 0 atom stereocenters. The van der Waals surface area contributed by atoms with Crippen molar-refractivity contribution in [2.24, 2.45) is 0 Å². The third-order valence-corrected chi connectivity index (χ3v) is 0.476. The molecule has 1 saturated heterocycles. The molecule has 1 aliphatic heterocycles. The fraction of sp³-hybridized carbons (Fsp3) is 0. The molecule has 5 nitrogen and oxygen atoms in total. The van der Waals surface area contributed by atoms with Crippen molar-refractivity contribution in [2.75, 3.05) is 0 Å². The number of hydrogen-bond acceptors (Lipinski definition) is 3. The number of amides is 1. The van der Waals surface area contributed by atoms with Crippen molar-refractivity contribution in [2.45, 2.75) is 0 Å². The lowest BCUT2D eigenvalue weighted by atomic mass is 10.7. The molecule has 1 amide bonds. The normalized spacial score (nSPS) is 14.0. The molecule has 9 heavy (non-hydrogen) atoms. The first-order valence-corrected chi connectivity index (χ1v) is 3.00. The van der Waals surface area contributed by atoms with Gasteiger partial charge in [-0.15, -0.1) is 0 Å². The van der Waals surface area contributed by atoms with Gasteiger partial charge in [0.2, 0.25) is 0 Å². The second-order valence-corrected chi connectivity index (χ2v) is 1.65. The molecule has 0 aromatic heterocycles. The number of carbonyl (C=O) groups excluding carboxylic acids is 1. The maximum absolute atomic E-state index is 9.68. The Kier molecular flexibility index (Phi) is 2.89. The maximum Gasteiger partial charge on any atom is 0.271 e. The molecule has 0 unspecified atom stereocenters. The van der Waals surface area contributed by atoms with Crippen LogP contribution in [0.25, 0.3) is 0 Å². The molecule has 6 heteroatoms. The van der Waals surface area contributed by atoms with Gasteiger partial charge in [-0.05, 0) is 0 Å². The Morgan fingerprint density at radius 3 is 1.67 bits per heavy atom. The van der Waals surface area contributed by atoms with E-state index in [4.69, 9.17) is 13.0 Å². The van der Waals surface area contributed by atoms with Gasteiger partial charge >= 0.3 is 0 Å². The molecule has 1 fully saturated rings. The van der Waals surface area contributed by atoms with Crippen LogP contribution in [0.2, 0.25) is 0 Å². The zero-order valence-electron chi connectivity index (χ0n) is 4.33. The summed E-state index contributed by atoms with van der Waals surface area (Å²) in [4.78, 5) is 9.68. The van der Waals surface area contributed by atoms with Gasteiger partial charge in [-0.3, -0.25) is 9.35 Å². The Morgan fingerprint density at radius 1 is 1.56 bits per heavy atom. The molecule has 1 heterocycles. The standard InChI is InChI=1S/C3H3NO.H2O3S/c1-2-3(5)4-2;1-4(2)3/h1H2,(H,4,5);4H,(H,1,2,3). The fourth-order valence-electron chi connectivity index (χ4n) is 0.106. The zero-order chi connectivity index (χ0) is 7.44. The average Bonchev–Trinajstić information content (AvgIpc) is 2.16. The summed E-state index contributed by atoms with van der Waals surface area (Å²) in [6.45, 7) is 3.29. The Bertz CT molecular complexity index is 186. The van der Waals surface area contributed by atoms with E-state index in [-0.39, 0.29) is 5.91 Å². The van der Waals surface area contributed by atoms with Gasteiger partial charge in [0.15, 0.2) is 0 Å². The highest BCUT2D eigenvalue weighted by Crippen LogP contribution is 1.96. The fourth-order valence-corrected chi connectivity index (χ4v) is 0.106. The molecule has 2 N–H and O–H groups in total. The minimum atomic E-state index is -3.12. The van der Waals surface area contributed by atoms with Gasteiger partial charge in [-0.25, -0.2) is 8.42 Å². The molecule has 1 rings (SSSR count). The van der Waals surface area contributed by atoms with Crippen molar-refractivity contribution in [3.05, 3.63) is 12.3 Å². The van der Waals surface area contributed by atoms with E-state index in [2.05, 4.69) is 11.9 Å². The Balaban J connectivity index is 0.000000148. The van der Waals surface area contributed by atoms with E-state index < -0.39 is 11.0 Å². The summed E-state index contributed by atoms with van der Waals surface area (Å²) in [6.07, 6.45) is 0. The third-order valence-electron chi connectivity index (χ3n) is 0.476. The number of hydrogen-bond donors (Lipinski definition) is 3. The molecule has 0 radical (unpaired) electrons. The molecular formula is C3H5NO4S. The van der Waals surface area contributed by atoms with Crippen molar-refractivity contribution in [1.82, 2.24) is 5.32 Å². The lowest BCUT2D eigenvalue weighted by molar-refractivity contribution is -0.109. The van der Waals surface area contributed by atoms with Crippen LogP contribution in [0.3, 0.4) is 0 Å². The summed E-state index contributed by atoms with van der Waals surface area (Å²) in [5, 5.41) is 2.36.